The molecule has 1 saturated heterocycles. The van der Waals surface area contributed by atoms with Gasteiger partial charge in [-0.25, -0.2) is 8.42 Å². The van der Waals surface area contributed by atoms with Crippen molar-refractivity contribution >= 4 is 15.7 Å². The molecular formula is C19H27NO4S. The Kier molecular flexibility index (Phi) is 4.84. The average Bonchev–Trinajstić information content (AvgIpc) is 3.28. The van der Waals surface area contributed by atoms with E-state index in [1.54, 1.807) is 4.90 Å². The van der Waals surface area contributed by atoms with Crippen molar-refractivity contribution in [3.8, 4) is 5.75 Å². The molecule has 1 atom stereocenters. The Morgan fingerprint density at radius 3 is 2.40 bits per heavy atom. The molecule has 5 nitrogen and oxygen atoms in total. The topological polar surface area (TPSA) is 63.7 Å². The molecule has 2 aliphatic rings. The summed E-state index contributed by atoms with van der Waals surface area (Å²) in [5.41, 5.74) is 0.985. The van der Waals surface area contributed by atoms with Crippen molar-refractivity contribution in [2.24, 2.45) is 0 Å². The fourth-order valence-electron chi connectivity index (χ4n) is 3.48. The molecule has 138 valence electrons. The maximum atomic E-state index is 12.8. The van der Waals surface area contributed by atoms with Crippen LogP contribution in [0.4, 0.5) is 0 Å². The molecule has 1 amide bonds. The number of amides is 1. The van der Waals surface area contributed by atoms with Crippen LogP contribution in [0.1, 0.15) is 45.6 Å². The number of nitrogens with zero attached hydrogens (tertiary/aromatic N) is 1. The van der Waals surface area contributed by atoms with Gasteiger partial charge in [-0.3, -0.25) is 4.79 Å². The van der Waals surface area contributed by atoms with Crippen molar-refractivity contribution in [1.29, 1.82) is 0 Å². The fourth-order valence-corrected chi connectivity index (χ4v) is 5.19. The monoisotopic (exact) mass is 365 g/mol. The smallest absolute Gasteiger partial charge is 0.261 e. The molecule has 1 unspecified atom stereocenters. The normalized spacial score (nSPS) is 22.6. The van der Waals surface area contributed by atoms with Crippen molar-refractivity contribution in [2.45, 2.75) is 57.5 Å². The molecule has 1 saturated carbocycles. The summed E-state index contributed by atoms with van der Waals surface area (Å²) in [7, 11) is -3.01. The Balaban J connectivity index is 1.69. The summed E-state index contributed by atoms with van der Waals surface area (Å²) in [6.07, 6.45) is 2.46. The molecule has 25 heavy (non-hydrogen) atoms. The zero-order chi connectivity index (χ0) is 18.2. The van der Waals surface area contributed by atoms with Gasteiger partial charge in [0.2, 0.25) is 0 Å². The van der Waals surface area contributed by atoms with Crippen LogP contribution < -0.4 is 4.74 Å². The first-order chi connectivity index (χ1) is 11.7. The van der Waals surface area contributed by atoms with Crippen LogP contribution in [0.3, 0.4) is 0 Å². The number of benzene rings is 1. The lowest BCUT2D eigenvalue weighted by Gasteiger charge is -2.29. The minimum absolute atomic E-state index is 0.0415. The molecule has 0 radical (unpaired) electrons. The number of hydrogen-bond donors (Lipinski definition) is 0. The minimum atomic E-state index is -3.01. The van der Waals surface area contributed by atoms with E-state index < -0.39 is 9.84 Å². The number of hydrogen-bond acceptors (Lipinski definition) is 4. The molecule has 0 bridgehead atoms. The standard InChI is InChI=1S/C19H27NO4S/c1-19(2,3)16-6-4-5-7-17(16)24-12-18(21)20(14-8-9-14)15-10-11-25(22,23)13-15/h4-7,14-15H,8-13H2,1-3H3. The van der Waals surface area contributed by atoms with Gasteiger partial charge >= 0.3 is 0 Å². The molecule has 1 aromatic carbocycles. The minimum Gasteiger partial charge on any atom is -0.483 e. The Labute approximate surface area is 150 Å². The molecule has 1 aliphatic carbocycles. The second-order valence-corrected chi connectivity index (χ2v) is 10.4. The van der Waals surface area contributed by atoms with Gasteiger partial charge in [0.15, 0.2) is 16.4 Å². The van der Waals surface area contributed by atoms with Crippen LogP contribution in [0.15, 0.2) is 24.3 Å². The number of sulfone groups is 1. The van der Waals surface area contributed by atoms with Gasteiger partial charge in [0.05, 0.1) is 11.5 Å². The van der Waals surface area contributed by atoms with Crippen LogP contribution in [0.5, 0.6) is 5.75 Å². The summed E-state index contributed by atoms with van der Waals surface area (Å²) in [4.78, 5) is 14.5. The summed E-state index contributed by atoms with van der Waals surface area (Å²) < 4.78 is 29.4. The molecule has 2 fully saturated rings. The largest absolute Gasteiger partial charge is 0.483 e. The lowest BCUT2D eigenvalue weighted by Crippen LogP contribution is -2.45. The number of carbonyl (C=O) groups excluding carboxylic acids is 1. The van der Waals surface area contributed by atoms with Gasteiger partial charge < -0.3 is 9.64 Å². The predicted molar refractivity (Wildman–Crippen MR) is 97.6 cm³/mol. The van der Waals surface area contributed by atoms with E-state index in [1.165, 1.54) is 0 Å². The van der Waals surface area contributed by atoms with E-state index in [4.69, 9.17) is 4.74 Å². The maximum Gasteiger partial charge on any atom is 0.261 e. The lowest BCUT2D eigenvalue weighted by atomic mass is 9.86. The lowest BCUT2D eigenvalue weighted by molar-refractivity contribution is -0.135. The molecular weight excluding hydrogens is 338 g/mol. The van der Waals surface area contributed by atoms with Crippen LogP contribution in [-0.2, 0) is 20.0 Å². The van der Waals surface area contributed by atoms with Crippen LogP contribution >= 0.6 is 0 Å². The molecule has 1 aromatic rings. The zero-order valence-corrected chi connectivity index (χ0v) is 16.0. The van der Waals surface area contributed by atoms with E-state index in [-0.39, 0.29) is 41.5 Å². The first kappa shape index (κ1) is 18.2. The van der Waals surface area contributed by atoms with E-state index >= 15 is 0 Å². The van der Waals surface area contributed by atoms with Gasteiger partial charge in [-0.2, -0.15) is 0 Å². The number of carbonyl (C=O) groups is 1. The van der Waals surface area contributed by atoms with Crippen LogP contribution in [0.2, 0.25) is 0 Å². The molecule has 0 aromatic heterocycles. The third-order valence-corrected chi connectivity index (χ3v) is 6.63. The van der Waals surface area contributed by atoms with Crippen LogP contribution in [-0.4, -0.2) is 49.4 Å². The Morgan fingerprint density at radius 2 is 1.84 bits per heavy atom. The Morgan fingerprint density at radius 1 is 1.16 bits per heavy atom. The molecule has 6 heteroatoms. The van der Waals surface area contributed by atoms with E-state index in [0.717, 1.165) is 24.2 Å². The average molecular weight is 365 g/mol. The third-order valence-electron chi connectivity index (χ3n) is 4.88. The number of para-hydroxylation sites is 1. The summed E-state index contributed by atoms with van der Waals surface area (Å²) in [5.74, 6) is 0.891. The summed E-state index contributed by atoms with van der Waals surface area (Å²) in [6, 6.07) is 7.77. The quantitative estimate of drug-likeness (QED) is 0.804. The first-order valence-corrected chi connectivity index (χ1v) is 10.7. The highest BCUT2D eigenvalue weighted by molar-refractivity contribution is 7.91. The third kappa shape index (κ3) is 4.35. The van der Waals surface area contributed by atoms with Gasteiger partial charge in [0.1, 0.15) is 5.75 Å². The van der Waals surface area contributed by atoms with Gasteiger partial charge in [0, 0.05) is 12.1 Å². The van der Waals surface area contributed by atoms with Gasteiger partial charge in [-0.1, -0.05) is 39.0 Å². The number of rotatable bonds is 5. The Hall–Kier alpha value is -1.56. The van der Waals surface area contributed by atoms with Crippen molar-refractivity contribution in [1.82, 2.24) is 4.90 Å². The summed E-state index contributed by atoms with van der Waals surface area (Å²) >= 11 is 0. The number of ether oxygens (including phenoxy) is 1. The van der Waals surface area contributed by atoms with Crippen molar-refractivity contribution in [3.05, 3.63) is 29.8 Å². The highest BCUT2D eigenvalue weighted by Crippen LogP contribution is 2.33. The molecule has 0 N–H and O–H groups in total. The highest BCUT2D eigenvalue weighted by Gasteiger charge is 2.42. The molecule has 0 spiro atoms. The Bertz CT molecular complexity index is 747. The second-order valence-electron chi connectivity index (χ2n) is 8.12. The van der Waals surface area contributed by atoms with E-state index in [0.29, 0.717) is 6.42 Å². The van der Waals surface area contributed by atoms with Gasteiger partial charge in [0.25, 0.3) is 5.91 Å². The fraction of sp³-hybridized carbons (Fsp3) is 0.632. The maximum absolute atomic E-state index is 12.8. The van der Waals surface area contributed by atoms with E-state index in [2.05, 4.69) is 20.8 Å². The van der Waals surface area contributed by atoms with E-state index in [9.17, 15) is 13.2 Å². The van der Waals surface area contributed by atoms with E-state index in [1.807, 2.05) is 24.3 Å². The zero-order valence-electron chi connectivity index (χ0n) is 15.2. The van der Waals surface area contributed by atoms with Gasteiger partial charge in [-0.05, 0) is 36.3 Å². The second kappa shape index (κ2) is 6.63. The van der Waals surface area contributed by atoms with Crippen LogP contribution in [0, 0.1) is 0 Å². The van der Waals surface area contributed by atoms with Crippen molar-refractivity contribution in [2.75, 3.05) is 18.1 Å². The first-order valence-electron chi connectivity index (χ1n) is 8.91. The highest BCUT2D eigenvalue weighted by atomic mass is 32.2. The molecule has 1 aliphatic heterocycles. The molecule has 1 heterocycles. The predicted octanol–water partition coefficient (Wildman–Crippen LogP) is 2.54. The van der Waals surface area contributed by atoms with Crippen molar-refractivity contribution < 1.29 is 17.9 Å². The van der Waals surface area contributed by atoms with Crippen molar-refractivity contribution in [3.63, 3.8) is 0 Å². The summed E-state index contributed by atoms with van der Waals surface area (Å²) in [5, 5.41) is 0. The van der Waals surface area contributed by atoms with Gasteiger partial charge in [-0.15, -0.1) is 0 Å². The SMILES string of the molecule is CC(C)(C)c1ccccc1OCC(=O)N(C1CC1)C1CCS(=O)(=O)C1. The summed E-state index contributed by atoms with van der Waals surface area (Å²) in [6.45, 7) is 6.28. The molecule has 3 rings (SSSR count). The van der Waals surface area contributed by atoms with Crippen LogP contribution in [0.25, 0.3) is 0 Å².